The summed E-state index contributed by atoms with van der Waals surface area (Å²) in [6.07, 6.45) is -1.67. The number of esters is 6. The van der Waals surface area contributed by atoms with Crippen molar-refractivity contribution >= 4 is 72.7 Å². The molecule has 6 heterocycles. The molecule has 8 fully saturated rings. The maximum atomic E-state index is 11.4. The summed E-state index contributed by atoms with van der Waals surface area (Å²) in [5.74, 6) is -3.17. The second-order valence-corrected chi connectivity index (χ2v) is 19.6. The zero-order valence-electron chi connectivity index (χ0n) is 46.3. The van der Waals surface area contributed by atoms with Gasteiger partial charge in [-0.1, -0.05) is 34.1 Å². The molecule has 6 aliphatic heterocycles. The maximum absolute atomic E-state index is 11.4. The zero-order chi connectivity index (χ0) is 59.7. The van der Waals surface area contributed by atoms with E-state index in [4.69, 9.17) is 28.4 Å². The smallest absolute Gasteiger partial charge is 0.460 e. The van der Waals surface area contributed by atoms with Crippen molar-refractivity contribution in [3.8, 4) is 0 Å². The van der Waals surface area contributed by atoms with Gasteiger partial charge in [0.15, 0.2) is 0 Å². The molecule has 0 aromatic rings. The van der Waals surface area contributed by atoms with Gasteiger partial charge in [0, 0.05) is 0 Å². The van der Waals surface area contributed by atoms with Crippen molar-refractivity contribution in [1.29, 1.82) is 0 Å². The van der Waals surface area contributed by atoms with Crippen molar-refractivity contribution in [1.82, 2.24) is 0 Å². The number of hydrogen-bond donors (Lipinski definition) is 0. The minimum Gasteiger partial charge on any atom is -0.460 e. The monoisotopic (exact) mass is 1150 g/mol. The van der Waals surface area contributed by atoms with Gasteiger partial charge in [-0.2, -0.15) is 0 Å². The molecule has 8 aliphatic rings. The Bertz CT molecular complexity index is 2140. The van der Waals surface area contributed by atoms with E-state index in [1.165, 1.54) is 0 Å². The van der Waals surface area contributed by atoms with Crippen LogP contribution in [0.25, 0.3) is 0 Å². The van der Waals surface area contributed by atoms with E-state index in [9.17, 15) is 57.5 Å². The summed E-state index contributed by atoms with van der Waals surface area (Å²) in [6.45, 7) is 18.1. The molecule has 0 aromatic carbocycles. The maximum Gasteiger partial charge on any atom is 0.509 e. The van der Waals surface area contributed by atoms with Crippen LogP contribution in [0.3, 0.4) is 0 Å². The van der Waals surface area contributed by atoms with Crippen molar-refractivity contribution in [3.05, 3.63) is 0 Å². The Morgan fingerprint density at radius 3 is 1.02 bits per heavy atom. The summed E-state index contributed by atoms with van der Waals surface area (Å²) in [5, 5.41) is 0. The average Bonchev–Trinajstić information content (AvgIpc) is 4.09. The highest BCUT2D eigenvalue weighted by Gasteiger charge is 2.40. The quantitative estimate of drug-likeness (QED) is 0.136. The number of rotatable bonds is 16. The third kappa shape index (κ3) is 25.5. The molecule has 7 atom stereocenters. The predicted molar refractivity (Wildman–Crippen MR) is 257 cm³/mol. The van der Waals surface area contributed by atoms with Gasteiger partial charge in [0.25, 0.3) is 0 Å². The summed E-state index contributed by atoms with van der Waals surface area (Å²) in [6, 6.07) is 0. The molecule has 8 rings (SSSR count). The van der Waals surface area contributed by atoms with E-state index in [0.29, 0.717) is 6.42 Å². The van der Waals surface area contributed by atoms with Gasteiger partial charge in [0.1, 0.15) is 69.2 Å². The molecule has 0 bridgehead atoms. The first-order valence-electron chi connectivity index (χ1n) is 25.9. The van der Waals surface area contributed by atoms with E-state index in [1.54, 1.807) is 41.5 Å². The molecule has 30 heteroatoms. The van der Waals surface area contributed by atoms with Gasteiger partial charge in [0.2, 0.25) is 36.6 Å². The zero-order valence-corrected chi connectivity index (χ0v) is 46.3. The normalized spacial score (nSPS) is 23.4. The lowest BCUT2D eigenvalue weighted by atomic mass is 9.96. The van der Waals surface area contributed by atoms with Crippen LogP contribution in [0.4, 0.5) is 28.8 Å². The molecule has 7 unspecified atom stereocenters. The van der Waals surface area contributed by atoms with Gasteiger partial charge in [0.05, 0.1) is 6.10 Å². The van der Waals surface area contributed by atoms with Crippen LogP contribution >= 0.6 is 0 Å². The van der Waals surface area contributed by atoms with E-state index >= 15 is 0 Å². The van der Waals surface area contributed by atoms with Crippen molar-refractivity contribution in [2.24, 2.45) is 0 Å². The van der Waals surface area contributed by atoms with Crippen LogP contribution in [0.5, 0.6) is 0 Å². The molecule has 0 aromatic heterocycles. The average molecular weight is 1150 g/mol. The van der Waals surface area contributed by atoms with E-state index in [1.807, 2.05) is 27.7 Å². The second-order valence-electron chi connectivity index (χ2n) is 19.6. The molecular formula is C50H72O30. The Labute approximate surface area is 460 Å². The highest BCUT2D eigenvalue weighted by atomic mass is 16.8. The molecule has 2 aliphatic carbocycles. The summed E-state index contributed by atoms with van der Waals surface area (Å²) < 4.78 is 84.2. The Hall–Kier alpha value is -7.56. The van der Waals surface area contributed by atoms with Crippen LogP contribution in [0.15, 0.2) is 0 Å². The number of cyclic esters (lactones) is 12. The standard InChI is InChI=1S/3C9H14O5.C8H10O5.C8H12O5.C7H8O5/c1-4-9(2,3)14-7(10)6-5-12-8(11)13-6;1-3-4-6(2)13-8(10)7-5-12-9(11)14-7;1-3-6(4-2)13-8(10)7-5-12-9(11)14-7;9-7(12-5-2-1-3-5)6-4-11-8(10)13-6;1-8(2,3)13-6(9)5-4-11-7(10)12-5;8-6(11-4-1-2-4)5-3-10-7(9)12-5/h6H,4-5H2,1-3H3;2*6-7H,3-5H2,1-2H3;5-6H,1-4H2;5H,4H2,1-3H3;4-5H,1-3H2. The highest BCUT2D eigenvalue weighted by Crippen LogP contribution is 2.26. The minimum absolute atomic E-state index is 0.0202. The van der Waals surface area contributed by atoms with E-state index in [0.717, 1.165) is 57.8 Å². The lowest BCUT2D eigenvalue weighted by Gasteiger charge is -2.25. The Balaban J connectivity index is 0.000000252. The summed E-state index contributed by atoms with van der Waals surface area (Å²) in [7, 11) is 0. The van der Waals surface area contributed by atoms with Gasteiger partial charge < -0.3 is 85.3 Å². The number of hydrogen-bond acceptors (Lipinski definition) is 30. The predicted octanol–water partition coefficient (Wildman–Crippen LogP) is 5.47. The van der Waals surface area contributed by atoms with Gasteiger partial charge in [-0.05, 0) is 99.3 Å². The highest BCUT2D eigenvalue weighted by molar-refractivity contribution is 5.83. The van der Waals surface area contributed by atoms with E-state index in [2.05, 4.69) is 56.8 Å². The fourth-order valence-electron chi connectivity index (χ4n) is 6.03. The van der Waals surface area contributed by atoms with Gasteiger partial charge in [-0.3, -0.25) is 0 Å². The molecule has 0 amide bonds. The fourth-order valence-corrected chi connectivity index (χ4v) is 6.03. The first kappa shape index (κ1) is 66.7. The first-order valence-corrected chi connectivity index (χ1v) is 25.9. The molecule has 2 saturated carbocycles. The van der Waals surface area contributed by atoms with Crippen molar-refractivity contribution < 1.29 is 143 Å². The summed E-state index contributed by atoms with van der Waals surface area (Å²) >= 11 is 0. The van der Waals surface area contributed by atoms with Crippen molar-refractivity contribution in [2.45, 2.75) is 206 Å². The minimum atomic E-state index is -0.910. The van der Waals surface area contributed by atoms with Crippen LogP contribution in [-0.4, -0.2) is 185 Å². The van der Waals surface area contributed by atoms with Gasteiger partial charge in [-0.15, -0.1) is 0 Å². The molecule has 30 nitrogen and oxygen atoms in total. The molecule has 452 valence electrons. The SMILES string of the molecule is CC(C)(C)OC(=O)C1COC(=O)O1.CCC(C)(C)OC(=O)C1COC(=O)O1.CCC(CC)OC(=O)C1COC(=O)O1.CCCC(C)OC(=O)C1COC(=O)O1.O=C1OCC(C(=O)OC2CC2)O1.O=C1OCC(C(=O)OC2CCC2)O1. The third-order valence-corrected chi connectivity index (χ3v) is 11.1. The van der Waals surface area contributed by atoms with Crippen LogP contribution < -0.4 is 0 Å². The number of carbonyl (C=O) groups is 12. The van der Waals surface area contributed by atoms with E-state index in [-0.39, 0.29) is 64.1 Å². The van der Waals surface area contributed by atoms with Crippen molar-refractivity contribution in [2.75, 3.05) is 39.6 Å². The van der Waals surface area contributed by atoms with Crippen molar-refractivity contribution in [3.63, 3.8) is 0 Å². The Kier molecular flexibility index (Phi) is 27.1. The summed E-state index contributed by atoms with van der Waals surface area (Å²) in [5.41, 5.74) is -1.11. The molecule has 6 saturated heterocycles. The van der Waals surface area contributed by atoms with Crippen LogP contribution in [0, 0.1) is 0 Å². The second kappa shape index (κ2) is 32.5. The topological polar surface area (TPSA) is 371 Å². The number of ether oxygens (including phenoxy) is 18. The first-order chi connectivity index (χ1) is 37.6. The molecule has 0 N–H and O–H groups in total. The fraction of sp³-hybridized carbons (Fsp3) is 0.760. The lowest BCUT2D eigenvalue weighted by molar-refractivity contribution is -0.165. The van der Waals surface area contributed by atoms with Crippen LogP contribution in [-0.2, 0) is 114 Å². The van der Waals surface area contributed by atoms with Crippen LogP contribution in [0.1, 0.15) is 133 Å². The van der Waals surface area contributed by atoms with Crippen LogP contribution in [0.2, 0.25) is 0 Å². The number of carbonyl (C=O) groups excluding carboxylic acids is 12. The molecule has 0 radical (unpaired) electrons. The van der Waals surface area contributed by atoms with Gasteiger partial charge in [-0.25, -0.2) is 57.5 Å². The third-order valence-electron chi connectivity index (χ3n) is 11.1. The Morgan fingerprint density at radius 2 is 0.762 bits per heavy atom. The molecule has 80 heavy (non-hydrogen) atoms. The van der Waals surface area contributed by atoms with Gasteiger partial charge >= 0.3 is 72.7 Å². The Morgan fingerprint density at radius 1 is 0.450 bits per heavy atom. The largest absolute Gasteiger partial charge is 0.509 e. The molecule has 0 spiro atoms. The molecular weight excluding hydrogens is 1080 g/mol. The lowest BCUT2D eigenvalue weighted by Crippen LogP contribution is -2.34. The van der Waals surface area contributed by atoms with E-state index < -0.39 is 121 Å². The summed E-state index contributed by atoms with van der Waals surface area (Å²) in [4.78, 5) is 130.